The second kappa shape index (κ2) is 5.95. The molecule has 1 saturated carbocycles. The molecule has 2 heterocycles. The molecular formula is C17H26N4O. The number of aryl methyl sites for hydroxylation is 1. The van der Waals surface area contributed by atoms with Crippen LogP contribution in [0.3, 0.4) is 0 Å². The van der Waals surface area contributed by atoms with Gasteiger partial charge >= 0.3 is 0 Å². The number of amides is 1. The fourth-order valence-corrected chi connectivity index (χ4v) is 4.20. The first-order valence-corrected chi connectivity index (χ1v) is 8.21. The maximum Gasteiger partial charge on any atom is 0.225 e. The zero-order valence-corrected chi connectivity index (χ0v) is 13.9. The minimum absolute atomic E-state index is 0.201. The van der Waals surface area contributed by atoms with Crippen molar-refractivity contribution in [3.05, 3.63) is 23.8 Å². The van der Waals surface area contributed by atoms with Gasteiger partial charge in [-0.2, -0.15) is 0 Å². The van der Waals surface area contributed by atoms with E-state index in [1.54, 1.807) is 4.90 Å². The van der Waals surface area contributed by atoms with Crippen LogP contribution in [0.25, 0.3) is 0 Å². The second-order valence-electron chi connectivity index (χ2n) is 7.14. The van der Waals surface area contributed by atoms with E-state index in [0.717, 1.165) is 43.9 Å². The largest absolute Gasteiger partial charge is 0.349 e. The molecule has 5 nitrogen and oxygen atoms in total. The first-order valence-electron chi connectivity index (χ1n) is 8.21. The lowest BCUT2D eigenvalue weighted by Crippen LogP contribution is -2.40. The lowest BCUT2D eigenvalue weighted by molar-refractivity contribution is -0.136. The molecular weight excluding hydrogens is 276 g/mol. The van der Waals surface area contributed by atoms with E-state index in [1.807, 2.05) is 33.4 Å². The molecule has 2 aliphatic rings. The summed E-state index contributed by atoms with van der Waals surface area (Å²) < 4.78 is 0. The van der Waals surface area contributed by atoms with Crippen LogP contribution in [0.1, 0.15) is 37.1 Å². The molecule has 1 aromatic heterocycles. The van der Waals surface area contributed by atoms with E-state index >= 15 is 0 Å². The number of rotatable bonds is 3. The summed E-state index contributed by atoms with van der Waals surface area (Å²) in [7, 11) is 3.76. The van der Waals surface area contributed by atoms with E-state index in [0.29, 0.717) is 5.91 Å². The van der Waals surface area contributed by atoms with Crippen LogP contribution in [0.2, 0.25) is 0 Å². The SMILES string of the molecule is Cc1ncc(CN2CC[C@]3(CCC[C@H]3C(=O)N(C)C)C2)cn1. The Kier molecular flexibility index (Phi) is 4.17. The van der Waals surface area contributed by atoms with Gasteiger partial charge in [-0.1, -0.05) is 6.42 Å². The van der Waals surface area contributed by atoms with Crippen molar-refractivity contribution in [2.75, 3.05) is 27.2 Å². The maximum atomic E-state index is 12.5. The van der Waals surface area contributed by atoms with Crippen LogP contribution in [-0.4, -0.2) is 52.9 Å². The Bertz CT molecular complexity index is 542. The molecule has 1 spiro atoms. The molecule has 1 aromatic rings. The van der Waals surface area contributed by atoms with Crippen LogP contribution >= 0.6 is 0 Å². The fraction of sp³-hybridized carbons (Fsp3) is 0.706. The molecule has 0 aromatic carbocycles. The Labute approximate surface area is 132 Å². The third kappa shape index (κ3) is 2.86. The summed E-state index contributed by atoms with van der Waals surface area (Å²) in [6.07, 6.45) is 8.42. The summed E-state index contributed by atoms with van der Waals surface area (Å²) in [6.45, 7) is 4.91. The van der Waals surface area contributed by atoms with Gasteiger partial charge in [0.2, 0.25) is 5.91 Å². The molecule has 0 radical (unpaired) electrons. The minimum Gasteiger partial charge on any atom is -0.349 e. The molecule has 2 atom stereocenters. The van der Waals surface area contributed by atoms with Crippen LogP contribution in [0.15, 0.2) is 12.4 Å². The van der Waals surface area contributed by atoms with Crippen LogP contribution in [0.4, 0.5) is 0 Å². The van der Waals surface area contributed by atoms with Crippen LogP contribution in [0.5, 0.6) is 0 Å². The zero-order chi connectivity index (χ0) is 15.7. The average Bonchev–Trinajstić information content (AvgIpc) is 3.08. The lowest BCUT2D eigenvalue weighted by atomic mass is 9.76. The summed E-state index contributed by atoms with van der Waals surface area (Å²) in [5.41, 5.74) is 1.36. The average molecular weight is 302 g/mol. The highest BCUT2D eigenvalue weighted by molar-refractivity contribution is 5.79. The number of carbonyl (C=O) groups excluding carboxylic acids is 1. The number of nitrogens with zero attached hydrogens (tertiary/aromatic N) is 4. The molecule has 3 rings (SSSR count). The van der Waals surface area contributed by atoms with E-state index in [-0.39, 0.29) is 11.3 Å². The van der Waals surface area contributed by atoms with Crippen LogP contribution < -0.4 is 0 Å². The summed E-state index contributed by atoms with van der Waals surface area (Å²) >= 11 is 0. The third-order valence-electron chi connectivity index (χ3n) is 5.35. The summed E-state index contributed by atoms with van der Waals surface area (Å²) in [5, 5.41) is 0. The van der Waals surface area contributed by atoms with Crippen molar-refractivity contribution in [1.29, 1.82) is 0 Å². The van der Waals surface area contributed by atoms with Gasteiger partial charge < -0.3 is 4.90 Å². The number of aromatic nitrogens is 2. The Hall–Kier alpha value is -1.49. The van der Waals surface area contributed by atoms with E-state index < -0.39 is 0 Å². The van der Waals surface area contributed by atoms with E-state index in [9.17, 15) is 4.79 Å². The van der Waals surface area contributed by atoms with E-state index in [4.69, 9.17) is 0 Å². The standard InChI is InChI=1S/C17H26N4O/c1-13-18-9-14(10-19-13)11-21-8-7-17(12-21)6-4-5-15(17)16(22)20(2)3/h9-10,15H,4-8,11-12H2,1-3H3/t15-,17+/m0/s1. The first-order chi connectivity index (χ1) is 10.5. The molecule has 0 bridgehead atoms. The van der Waals surface area contributed by atoms with Gasteiger partial charge in [-0.3, -0.25) is 9.69 Å². The van der Waals surface area contributed by atoms with Crippen molar-refractivity contribution in [2.45, 2.75) is 39.2 Å². The predicted octanol–water partition coefficient (Wildman–Crippen LogP) is 1.87. The van der Waals surface area contributed by atoms with Crippen molar-refractivity contribution in [2.24, 2.45) is 11.3 Å². The van der Waals surface area contributed by atoms with Gasteiger partial charge in [-0.15, -0.1) is 0 Å². The molecule has 1 aliphatic carbocycles. The van der Waals surface area contributed by atoms with Crippen molar-refractivity contribution in [1.82, 2.24) is 19.8 Å². The third-order valence-corrected chi connectivity index (χ3v) is 5.35. The normalized spacial score (nSPS) is 28.4. The second-order valence-corrected chi connectivity index (χ2v) is 7.14. The fourth-order valence-electron chi connectivity index (χ4n) is 4.20. The number of carbonyl (C=O) groups is 1. The van der Waals surface area contributed by atoms with E-state index in [2.05, 4.69) is 14.9 Å². The molecule has 1 amide bonds. The topological polar surface area (TPSA) is 49.3 Å². The quantitative estimate of drug-likeness (QED) is 0.855. The molecule has 0 N–H and O–H groups in total. The monoisotopic (exact) mass is 302 g/mol. The van der Waals surface area contributed by atoms with Gasteiger partial charge in [-0.05, 0) is 38.1 Å². The van der Waals surface area contributed by atoms with Crippen LogP contribution in [0, 0.1) is 18.3 Å². The van der Waals surface area contributed by atoms with Gasteiger partial charge in [0.05, 0.1) is 0 Å². The van der Waals surface area contributed by atoms with Gasteiger partial charge in [0.15, 0.2) is 0 Å². The van der Waals surface area contributed by atoms with Gasteiger partial charge in [0, 0.05) is 51.1 Å². The summed E-state index contributed by atoms with van der Waals surface area (Å²) in [4.78, 5) is 25.3. The molecule has 1 saturated heterocycles. The minimum atomic E-state index is 0.201. The predicted molar refractivity (Wildman–Crippen MR) is 85.1 cm³/mol. The number of likely N-dealkylation sites (tertiary alicyclic amines) is 1. The van der Waals surface area contributed by atoms with Crippen molar-refractivity contribution in [3.63, 3.8) is 0 Å². The van der Waals surface area contributed by atoms with Gasteiger partial charge in [0.25, 0.3) is 0 Å². The molecule has 120 valence electrons. The Balaban J connectivity index is 1.68. The molecule has 0 unspecified atom stereocenters. The highest BCUT2D eigenvalue weighted by Gasteiger charge is 2.50. The van der Waals surface area contributed by atoms with Crippen LogP contribution in [-0.2, 0) is 11.3 Å². The Morgan fingerprint density at radius 1 is 1.36 bits per heavy atom. The number of hydrogen-bond acceptors (Lipinski definition) is 4. The van der Waals surface area contributed by atoms with Gasteiger partial charge in [-0.25, -0.2) is 9.97 Å². The summed E-state index contributed by atoms with van der Waals surface area (Å²) in [6, 6.07) is 0. The molecule has 22 heavy (non-hydrogen) atoms. The summed E-state index contributed by atoms with van der Waals surface area (Å²) in [5.74, 6) is 1.34. The first kappa shape index (κ1) is 15.4. The van der Waals surface area contributed by atoms with Crippen molar-refractivity contribution < 1.29 is 4.79 Å². The molecule has 2 fully saturated rings. The Morgan fingerprint density at radius 3 is 2.77 bits per heavy atom. The molecule has 5 heteroatoms. The van der Waals surface area contributed by atoms with Crippen molar-refractivity contribution in [3.8, 4) is 0 Å². The maximum absolute atomic E-state index is 12.5. The Morgan fingerprint density at radius 2 is 2.09 bits per heavy atom. The highest BCUT2D eigenvalue weighted by atomic mass is 16.2. The molecule has 1 aliphatic heterocycles. The smallest absolute Gasteiger partial charge is 0.225 e. The number of hydrogen-bond donors (Lipinski definition) is 0. The van der Waals surface area contributed by atoms with E-state index in [1.165, 1.54) is 12.8 Å². The highest BCUT2D eigenvalue weighted by Crippen LogP contribution is 2.50. The van der Waals surface area contributed by atoms with Crippen molar-refractivity contribution >= 4 is 5.91 Å². The van der Waals surface area contributed by atoms with Gasteiger partial charge in [0.1, 0.15) is 5.82 Å². The zero-order valence-electron chi connectivity index (χ0n) is 13.9. The lowest BCUT2D eigenvalue weighted by Gasteiger charge is -2.32.